The lowest BCUT2D eigenvalue weighted by Gasteiger charge is -2.46. The molecule has 6 rings (SSSR count). The van der Waals surface area contributed by atoms with Crippen molar-refractivity contribution in [1.29, 1.82) is 0 Å². The van der Waals surface area contributed by atoms with Gasteiger partial charge >= 0.3 is 0 Å². The van der Waals surface area contributed by atoms with Gasteiger partial charge in [-0.3, -0.25) is 25.0 Å². The van der Waals surface area contributed by atoms with E-state index < -0.39 is 21.8 Å². The molecule has 2 saturated heterocycles. The number of fused-ring (bicyclic) bond motifs is 2. The zero-order valence-corrected chi connectivity index (χ0v) is 46.0. The number of hydrogen-bond acceptors (Lipinski definition) is 18. The van der Waals surface area contributed by atoms with Crippen molar-refractivity contribution in [3.05, 3.63) is 109 Å². The van der Waals surface area contributed by atoms with Gasteiger partial charge in [-0.05, 0) is 104 Å². The van der Waals surface area contributed by atoms with Crippen LogP contribution in [0.4, 0.5) is 21.5 Å². The number of rotatable bonds is 39. The summed E-state index contributed by atoms with van der Waals surface area (Å²) in [5, 5.41) is 37.1. The van der Waals surface area contributed by atoms with Crippen molar-refractivity contribution in [2.45, 2.75) is 57.5 Å². The lowest BCUT2D eigenvalue weighted by molar-refractivity contribution is -0.394. The molecule has 2 fully saturated rings. The topological polar surface area (TPSA) is 234 Å². The van der Waals surface area contributed by atoms with Crippen LogP contribution in [0, 0.1) is 44.8 Å². The van der Waals surface area contributed by atoms with E-state index in [0.717, 1.165) is 45.0 Å². The van der Waals surface area contributed by atoms with Gasteiger partial charge in [0.25, 0.3) is 11.4 Å². The van der Waals surface area contributed by atoms with E-state index in [-0.39, 0.29) is 41.8 Å². The Hall–Kier alpha value is -5.24. The molecule has 22 heteroatoms. The Balaban J connectivity index is 0.662. The van der Waals surface area contributed by atoms with Gasteiger partial charge in [0, 0.05) is 74.2 Å². The largest absolute Gasteiger partial charge is 0.491 e. The molecule has 0 saturated carbocycles. The fourth-order valence-corrected chi connectivity index (χ4v) is 10.1. The number of aliphatic hydroxyl groups excluding tert-OH is 1. The Morgan fingerprint density at radius 3 is 1.84 bits per heavy atom. The van der Waals surface area contributed by atoms with Gasteiger partial charge in [0.1, 0.15) is 18.2 Å². The van der Waals surface area contributed by atoms with Gasteiger partial charge < -0.3 is 67.6 Å². The summed E-state index contributed by atoms with van der Waals surface area (Å²) < 4.78 is 69.9. The standard InChI is InChI=1S/C57H82FN5O16/c1-44-5-9-52-53(36-44)59-43-57(52)13-16-60(41-45(57)2)42-55(64)48-11-14-61(15-12-48)56(65)10-6-46-37-49(58)39-51(38-46)79-35-34-78-33-32-77-31-30-76-29-28-75-27-26-74-25-24-73-23-22-72-21-20-71-19-18-70-17-3-4-47-7-8-50(62(66)67)40-54(47)63(68)69/h5-10,36-40,45,48,55,59,64H,3-4,11-35,41-43H2,1-2H3/b10-6+/t45-,55-,57+/m1/s1. The number of β-amino-alcohol motifs (C(OH)–C–C–N with tert-alkyl or cyclic N) is 1. The fourth-order valence-electron chi connectivity index (χ4n) is 10.1. The third kappa shape index (κ3) is 21.6. The third-order valence-corrected chi connectivity index (χ3v) is 14.5. The van der Waals surface area contributed by atoms with Crippen LogP contribution in [0.1, 0.15) is 54.9 Å². The van der Waals surface area contributed by atoms with Crippen LogP contribution in [0.2, 0.25) is 0 Å². The number of carbonyl (C=O) groups excluding carboxylic acids is 1. The molecule has 0 bridgehead atoms. The van der Waals surface area contributed by atoms with Gasteiger partial charge in [-0.2, -0.15) is 0 Å². The van der Waals surface area contributed by atoms with Crippen LogP contribution in [0.15, 0.2) is 60.7 Å². The highest BCUT2D eigenvalue weighted by atomic mass is 19.1. The molecule has 0 unspecified atom stereocenters. The van der Waals surface area contributed by atoms with Gasteiger partial charge in [-0.1, -0.05) is 19.1 Å². The van der Waals surface area contributed by atoms with Crippen molar-refractivity contribution < 1.29 is 71.5 Å². The summed E-state index contributed by atoms with van der Waals surface area (Å²) in [4.78, 5) is 38.2. The lowest BCUT2D eigenvalue weighted by Crippen LogP contribution is -2.52. The van der Waals surface area contributed by atoms with Crippen molar-refractivity contribution in [2.24, 2.45) is 11.8 Å². The van der Waals surface area contributed by atoms with Crippen molar-refractivity contribution in [1.82, 2.24) is 9.80 Å². The number of ether oxygens (including phenoxy) is 10. The van der Waals surface area contributed by atoms with Crippen molar-refractivity contribution in [3.63, 3.8) is 0 Å². The average Bonchev–Trinajstić information content (AvgIpc) is 3.97. The van der Waals surface area contributed by atoms with Crippen LogP contribution in [0.3, 0.4) is 0 Å². The number of likely N-dealkylation sites (tertiary alicyclic amines) is 2. The molecule has 0 aliphatic carbocycles. The molecule has 3 atom stereocenters. The molecule has 0 aromatic heterocycles. The Kier molecular flexibility index (Phi) is 27.7. The second-order valence-electron chi connectivity index (χ2n) is 20.0. The first-order valence-electron chi connectivity index (χ1n) is 27.7. The van der Waals surface area contributed by atoms with Crippen LogP contribution >= 0.6 is 0 Å². The first-order chi connectivity index (χ1) is 38.4. The number of benzene rings is 3. The number of hydrogen-bond donors (Lipinski definition) is 2. The number of non-ortho nitro benzene ring substituents is 1. The second kappa shape index (κ2) is 34.8. The maximum atomic E-state index is 14.5. The summed E-state index contributed by atoms with van der Waals surface area (Å²) in [5.74, 6) is 0.345. The molecule has 3 aromatic carbocycles. The number of aryl methyl sites for hydroxylation is 2. The number of nitro benzene ring substituents is 2. The second-order valence-corrected chi connectivity index (χ2v) is 20.0. The molecular weight excluding hydrogens is 1030 g/mol. The highest BCUT2D eigenvalue weighted by Crippen LogP contribution is 2.47. The Labute approximate surface area is 463 Å². The van der Waals surface area contributed by atoms with Gasteiger partial charge in [-0.25, -0.2) is 4.39 Å². The molecule has 3 heterocycles. The summed E-state index contributed by atoms with van der Waals surface area (Å²) in [6, 6.07) is 14.8. The van der Waals surface area contributed by atoms with E-state index in [1.54, 1.807) is 17.0 Å². The minimum atomic E-state index is -0.657. The average molecular weight is 1110 g/mol. The third-order valence-electron chi connectivity index (χ3n) is 14.5. The molecule has 438 valence electrons. The fraction of sp³-hybridized carbons (Fsp3) is 0.632. The zero-order chi connectivity index (χ0) is 56.1. The summed E-state index contributed by atoms with van der Waals surface area (Å²) in [6.45, 7) is 16.6. The van der Waals surface area contributed by atoms with Gasteiger partial charge in [0.05, 0.1) is 134 Å². The van der Waals surface area contributed by atoms with Crippen LogP contribution in [0.25, 0.3) is 6.08 Å². The first-order valence-corrected chi connectivity index (χ1v) is 27.7. The maximum Gasteiger partial charge on any atom is 0.279 e. The van der Waals surface area contributed by atoms with Crippen LogP contribution in [-0.4, -0.2) is 202 Å². The molecule has 1 amide bonds. The van der Waals surface area contributed by atoms with Crippen LogP contribution in [-0.2, 0) is 59.3 Å². The molecule has 79 heavy (non-hydrogen) atoms. The number of amides is 1. The first kappa shape index (κ1) is 62.9. The zero-order valence-electron chi connectivity index (χ0n) is 46.0. The van der Waals surface area contributed by atoms with Gasteiger partial charge in [0.2, 0.25) is 5.91 Å². The van der Waals surface area contributed by atoms with E-state index in [1.165, 1.54) is 47.2 Å². The Morgan fingerprint density at radius 1 is 0.734 bits per heavy atom. The molecule has 3 aliphatic heterocycles. The van der Waals surface area contributed by atoms with Gasteiger partial charge in [-0.15, -0.1) is 0 Å². The molecule has 3 aliphatic rings. The number of nitrogens with zero attached hydrogens (tertiary/aromatic N) is 4. The SMILES string of the molecule is Cc1ccc2c(c1)NC[C@]21CCN(C[C@@H](O)C2CCN(C(=O)/C=C/c3cc(F)cc(OCCOCCOCCOCCOCCOCCOCCOCCOCCOCCCc4ccc([N+](=O)[O-])cc4[N+](=O)[O-])c3)CC2)C[C@H]1C. The van der Waals surface area contributed by atoms with E-state index in [9.17, 15) is 34.5 Å². The van der Waals surface area contributed by atoms with E-state index in [0.29, 0.717) is 168 Å². The van der Waals surface area contributed by atoms with E-state index >= 15 is 0 Å². The number of carbonyl (C=O) groups is 1. The number of halogens is 1. The summed E-state index contributed by atoms with van der Waals surface area (Å²) in [6.07, 6.45) is 6.09. The van der Waals surface area contributed by atoms with Crippen LogP contribution in [0.5, 0.6) is 5.75 Å². The number of piperidine rings is 2. The van der Waals surface area contributed by atoms with Crippen molar-refractivity contribution in [2.75, 3.05) is 170 Å². The predicted octanol–water partition coefficient (Wildman–Crippen LogP) is 6.43. The predicted molar refractivity (Wildman–Crippen MR) is 293 cm³/mol. The molecule has 3 aromatic rings. The molecular formula is C57H82FN5O16. The summed E-state index contributed by atoms with van der Waals surface area (Å²) in [7, 11) is 0. The number of nitrogens with one attached hydrogen (secondary N) is 1. The minimum Gasteiger partial charge on any atom is -0.491 e. The Morgan fingerprint density at radius 2 is 1.29 bits per heavy atom. The molecule has 2 N–H and O–H groups in total. The smallest absolute Gasteiger partial charge is 0.279 e. The number of aliphatic hydroxyl groups is 1. The highest BCUT2D eigenvalue weighted by Gasteiger charge is 2.46. The highest BCUT2D eigenvalue weighted by molar-refractivity contribution is 5.91. The molecule has 0 radical (unpaired) electrons. The Bertz CT molecular complexity index is 2340. The van der Waals surface area contributed by atoms with Gasteiger partial charge in [0.15, 0.2) is 0 Å². The molecule has 21 nitrogen and oxygen atoms in total. The number of anilines is 1. The number of nitro groups is 2. The quantitative estimate of drug-likeness (QED) is 0.0271. The normalized spacial score (nSPS) is 18.1. The van der Waals surface area contributed by atoms with E-state index in [2.05, 4.69) is 42.3 Å². The molecule has 1 spiro atoms. The van der Waals surface area contributed by atoms with Crippen LogP contribution < -0.4 is 10.1 Å². The van der Waals surface area contributed by atoms with Crippen molar-refractivity contribution >= 4 is 29.0 Å². The van der Waals surface area contributed by atoms with Crippen molar-refractivity contribution in [3.8, 4) is 5.75 Å². The summed E-state index contributed by atoms with van der Waals surface area (Å²) >= 11 is 0. The minimum absolute atomic E-state index is 0.135. The monoisotopic (exact) mass is 1110 g/mol. The van der Waals surface area contributed by atoms with E-state index in [4.69, 9.17) is 47.4 Å². The summed E-state index contributed by atoms with van der Waals surface area (Å²) in [5.41, 5.74) is 4.48. The lowest BCUT2D eigenvalue weighted by atomic mass is 9.67. The van der Waals surface area contributed by atoms with E-state index in [1.807, 2.05) is 0 Å². The maximum absolute atomic E-state index is 14.5.